The van der Waals surface area contributed by atoms with Crippen molar-refractivity contribution < 1.29 is 14.3 Å². The van der Waals surface area contributed by atoms with E-state index in [0.717, 1.165) is 48.7 Å². The van der Waals surface area contributed by atoms with E-state index >= 15 is 0 Å². The van der Waals surface area contributed by atoms with E-state index in [-0.39, 0.29) is 12.0 Å². The Hall–Kier alpha value is -2.01. The Kier molecular flexibility index (Phi) is 7.51. The van der Waals surface area contributed by atoms with Crippen LogP contribution in [0.15, 0.2) is 30.4 Å². The molecule has 0 N–H and O–H groups in total. The van der Waals surface area contributed by atoms with Gasteiger partial charge in [0.05, 0.1) is 7.11 Å². The Balaban J connectivity index is 2.05. The molecule has 2 rings (SSSR count). The molecule has 0 spiro atoms. The van der Waals surface area contributed by atoms with Gasteiger partial charge in [-0.1, -0.05) is 19.1 Å². The third kappa shape index (κ3) is 5.49. The molecule has 0 saturated heterocycles. The average Bonchev–Trinajstić information content (AvgIpc) is 2.81. The minimum Gasteiger partial charge on any atom is -0.497 e. The zero-order chi connectivity index (χ0) is 19.1. The summed E-state index contributed by atoms with van der Waals surface area (Å²) in [4.78, 5) is 16.7. The fourth-order valence-corrected chi connectivity index (χ4v) is 3.23. The summed E-state index contributed by atoms with van der Waals surface area (Å²) in [7, 11) is 1.67. The molecule has 26 heavy (non-hydrogen) atoms. The van der Waals surface area contributed by atoms with Gasteiger partial charge >= 0.3 is 0 Å². The normalized spacial score (nSPS) is 17.0. The molecule has 5 heteroatoms. The average molecular weight is 360 g/mol. The second-order valence-electron chi connectivity index (χ2n) is 6.97. The van der Waals surface area contributed by atoms with E-state index in [4.69, 9.17) is 9.47 Å². The molecule has 1 aliphatic heterocycles. The number of methoxy groups -OCH3 is 1. The second-order valence-corrected chi connectivity index (χ2v) is 6.97. The summed E-state index contributed by atoms with van der Waals surface area (Å²) in [5.41, 5.74) is 2.12. The molecule has 5 nitrogen and oxygen atoms in total. The van der Waals surface area contributed by atoms with Gasteiger partial charge in [0.25, 0.3) is 0 Å². The predicted molar refractivity (Wildman–Crippen MR) is 105 cm³/mol. The van der Waals surface area contributed by atoms with Crippen LogP contribution >= 0.6 is 0 Å². The van der Waals surface area contributed by atoms with Crippen LogP contribution in [0.2, 0.25) is 0 Å². The van der Waals surface area contributed by atoms with Gasteiger partial charge in [0.2, 0.25) is 5.91 Å². The summed E-state index contributed by atoms with van der Waals surface area (Å²) >= 11 is 0. The summed E-state index contributed by atoms with van der Waals surface area (Å²) in [6, 6.07) is 5.94. The molecule has 144 valence electrons. The Morgan fingerprint density at radius 1 is 1.42 bits per heavy atom. The molecule has 1 aromatic carbocycles. The molecular weight excluding hydrogens is 328 g/mol. The number of fused-ring (bicyclic) bond motifs is 1. The van der Waals surface area contributed by atoms with Crippen molar-refractivity contribution in [3.05, 3.63) is 35.9 Å². The maximum Gasteiger partial charge on any atom is 0.224 e. The first-order valence-corrected chi connectivity index (χ1v) is 9.44. The molecule has 0 aliphatic carbocycles. The fourth-order valence-electron chi connectivity index (χ4n) is 3.23. The van der Waals surface area contributed by atoms with Crippen LogP contribution in [0.4, 0.5) is 0 Å². The zero-order valence-corrected chi connectivity index (χ0v) is 16.6. The maximum atomic E-state index is 12.5. The minimum atomic E-state index is 0.137. The van der Waals surface area contributed by atoms with Crippen molar-refractivity contribution in [1.82, 2.24) is 9.80 Å². The van der Waals surface area contributed by atoms with E-state index in [9.17, 15) is 4.79 Å². The van der Waals surface area contributed by atoms with Gasteiger partial charge in [0.1, 0.15) is 17.6 Å². The van der Waals surface area contributed by atoms with Crippen LogP contribution in [0.5, 0.6) is 11.5 Å². The minimum absolute atomic E-state index is 0.137. The van der Waals surface area contributed by atoms with Crippen LogP contribution in [0.3, 0.4) is 0 Å². The van der Waals surface area contributed by atoms with Crippen LogP contribution < -0.4 is 9.47 Å². The monoisotopic (exact) mass is 360 g/mol. The highest BCUT2D eigenvalue weighted by Gasteiger charge is 2.23. The molecule has 0 saturated carbocycles. The van der Waals surface area contributed by atoms with Gasteiger partial charge in [0, 0.05) is 44.7 Å². The first kappa shape index (κ1) is 20.3. The molecule has 0 fully saturated rings. The summed E-state index contributed by atoms with van der Waals surface area (Å²) in [5, 5.41) is 0. The third-order valence-electron chi connectivity index (χ3n) is 4.71. The number of hydrogen-bond donors (Lipinski definition) is 0. The highest BCUT2D eigenvalue weighted by atomic mass is 16.5. The van der Waals surface area contributed by atoms with E-state index < -0.39 is 0 Å². The second kappa shape index (κ2) is 9.62. The molecule has 0 bridgehead atoms. The van der Waals surface area contributed by atoms with E-state index in [2.05, 4.69) is 18.4 Å². The Morgan fingerprint density at radius 3 is 2.81 bits per heavy atom. The van der Waals surface area contributed by atoms with Crippen molar-refractivity contribution in [3.63, 3.8) is 0 Å². The molecule has 0 aromatic heterocycles. The van der Waals surface area contributed by atoms with E-state index in [1.54, 1.807) is 7.11 Å². The lowest BCUT2D eigenvalue weighted by Gasteiger charge is -2.25. The zero-order valence-electron chi connectivity index (χ0n) is 16.6. The quantitative estimate of drug-likeness (QED) is 0.666. The van der Waals surface area contributed by atoms with Crippen molar-refractivity contribution in [1.29, 1.82) is 0 Å². The van der Waals surface area contributed by atoms with Gasteiger partial charge in [-0.15, -0.1) is 0 Å². The summed E-state index contributed by atoms with van der Waals surface area (Å²) in [6.07, 6.45) is 1.58. The van der Waals surface area contributed by atoms with Crippen molar-refractivity contribution in [3.8, 4) is 11.5 Å². The van der Waals surface area contributed by atoms with Crippen LogP contribution in [0.25, 0.3) is 0 Å². The number of likely N-dealkylation sites (N-methyl/N-ethyl adjacent to an activating group) is 1. The van der Waals surface area contributed by atoms with Crippen molar-refractivity contribution in [2.75, 3.05) is 33.3 Å². The molecule has 1 aromatic rings. The highest BCUT2D eigenvalue weighted by Crippen LogP contribution is 2.29. The Bertz CT molecular complexity index is 630. The molecular formula is C21H32N2O3. The number of ether oxygens (including phenoxy) is 2. The number of carbonyl (C=O) groups excluding carboxylic acids is 1. The number of rotatable bonds is 8. The highest BCUT2D eigenvalue weighted by molar-refractivity contribution is 5.76. The van der Waals surface area contributed by atoms with Gasteiger partial charge in [-0.2, -0.15) is 0 Å². The molecule has 0 radical (unpaired) electrons. The summed E-state index contributed by atoms with van der Waals surface area (Å²) in [6.45, 7) is 13.7. The van der Waals surface area contributed by atoms with Gasteiger partial charge in [0.15, 0.2) is 0 Å². The molecule has 1 heterocycles. The maximum absolute atomic E-state index is 12.5. The topological polar surface area (TPSA) is 42.0 Å². The lowest BCUT2D eigenvalue weighted by molar-refractivity contribution is -0.131. The predicted octanol–water partition coefficient (Wildman–Crippen LogP) is 3.48. The fraction of sp³-hybridized carbons (Fsp3) is 0.571. The van der Waals surface area contributed by atoms with Crippen molar-refractivity contribution in [2.45, 2.75) is 46.3 Å². The first-order chi connectivity index (χ1) is 12.5. The van der Waals surface area contributed by atoms with E-state index in [1.165, 1.54) is 0 Å². The molecule has 1 amide bonds. The smallest absolute Gasteiger partial charge is 0.224 e. The largest absolute Gasteiger partial charge is 0.497 e. The number of benzene rings is 1. The number of carbonyl (C=O) groups is 1. The van der Waals surface area contributed by atoms with E-state index in [0.29, 0.717) is 19.5 Å². The van der Waals surface area contributed by atoms with Crippen LogP contribution in [0, 0.1) is 0 Å². The lowest BCUT2D eigenvalue weighted by atomic mass is 10.1. The van der Waals surface area contributed by atoms with Gasteiger partial charge in [-0.25, -0.2) is 0 Å². The SMILES string of the molecule is C=C(C)CN(CC)C(=O)CCN1Cc2cc(OC)ccc2OC(CC)C1. The number of amides is 1. The van der Waals surface area contributed by atoms with Gasteiger partial charge in [-0.05, 0) is 38.5 Å². The van der Waals surface area contributed by atoms with Crippen molar-refractivity contribution >= 4 is 5.91 Å². The summed E-state index contributed by atoms with van der Waals surface area (Å²) < 4.78 is 11.5. The number of hydrogen-bond acceptors (Lipinski definition) is 4. The van der Waals surface area contributed by atoms with Crippen LogP contribution in [0.1, 0.15) is 39.2 Å². The standard InChI is InChI=1S/C21H32N2O3/c1-6-18-15-22(11-10-21(24)23(7-2)13-16(3)4)14-17-12-19(25-5)8-9-20(17)26-18/h8-9,12,18H,3,6-7,10-11,13-15H2,1-2,4-5H3. The Morgan fingerprint density at radius 2 is 2.19 bits per heavy atom. The van der Waals surface area contributed by atoms with Gasteiger partial charge in [-0.3, -0.25) is 9.69 Å². The lowest BCUT2D eigenvalue weighted by Crippen LogP contribution is -2.37. The third-order valence-corrected chi connectivity index (χ3v) is 4.71. The van der Waals surface area contributed by atoms with Gasteiger partial charge < -0.3 is 14.4 Å². The molecule has 1 atom stereocenters. The van der Waals surface area contributed by atoms with Crippen molar-refractivity contribution in [2.24, 2.45) is 0 Å². The van der Waals surface area contributed by atoms with Crippen LogP contribution in [-0.4, -0.2) is 55.1 Å². The Labute approximate surface area is 157 Å². The summed E-state index contributed by atoms with van der Waals surface area (Å²) in [5.74, 6) is 1.93. The number of nitrogens with zero attached hydrogens (tertiary/aromatic N) is 2. The van der Waals surface area contributed by atoms with Crippen LogP contribution in [-0.2, 0) is 11.3 Å². The molecule has 1 aliphatic rings. The molecule has 1 unspecified atom stereocenters. The van der Waals surface area contributed by atoms with E-state index in [1.807, 2.05) is 36.9 Å². The first-order valence-electron chi connectivity index (χ1n) is 9.44.